The molecule has 0 fully saturated rings. The highest BCUT2D eigenvalue weighted by Gasteiger charge is 2.31. The van der Waals surface area contributed by atoms with Gasteiger partial charge in [0, 0.05) is 20.8 Å². The largest absolute Gasteiger partial charge is 0.0652 e. The Bertz CT molecular complexity index is 1090. The lowest BCUT2D eigenvalue weighted by molar-refractivity contribution is 0.607. The van der Waals surface area contributed by atoms with Crippen LogP contribution in [0.5, 0.6) is 0 Å². The van der Waals surface area contributed by atoms with Gasteiger partial charge in [-0.15, -0.1) is 0 Å². The van der Waals surface area contributed by atoms with Crippen molar-refractivity contribution >= 4 is 44.0 Å². The molecule has 166 valence electrons. The van der Waals surface area contributed by atoms with Crippen LogP contribution in [0.3, 0.4) is 0 Å². The molecule has 6 rings (SSSR count). The van der Waals surface area contributed by atoms with Gasteiger partial charge in [0.25, 0.3) is 0 Å². The molecule has 2 aromatic rings. The third-order valence-electron chi connectivity index (χ3n) is 8.64. The van der Waals surface area contributed by atoms with Crippen molar-refractivity contribution in [2.75, 3.05) is 0 Å². The van der Waals surface area contributed by atoms with E-state index >= 15 is 0 Å². The van der Waals surface area contributed by atoms with Crippen molar-refractivity contribution < 1.29 is 0 Å². The standard InChI is InChI=1S/C30H32Br2/c1-17-13-27-25(15-19-7-3-5-9-23(19)29(27)31)21(17)11-12-22-18(2)14-28-26(22)16-20-8-4-6-10-24(20)30(28)32/h13-16,21-22H,3-12H2,1-2H3. The summed E-state index contributed by atoms with van der Waals surface area (Å²) in [6.07, 6.45) is 17.8. The van der Waals surface area contributed by atoms with E-state index in [1.165, 1.54) is 84.3 Å². The van der Waals surface area contributed by atoms with Gasteiger partial charge >= 0.3 is 0 Å². The number of rotatable bonds is 3. The molecule has 4 aliphatic carbocycles. The van der Waals surface area contributed by atoms with Gasteiger partial charge in [-0.25, -0.2) is 0 Å². The van der Waals surface area contributed by atoms with E-state index in [0.29, 0.717) is 11.8 Å². The third kappa shape index (κ3) is 3.35. The van der Waals surface area contributed by atoms with Gasteiger partial charge in [0.15, 0.2) is 0 Å². The van der Waals surface area contributed by atoms with Gasteiger partial charge in [0.2, 0.25) is 0 Å². The van der Waals surface area contributed by atoms with Crippen LogP contribution in [0.25, 0.3) is 12.2 Å². The normalized spacial score (nSPS) is 23.2. The molecule has 2 unspecified atom stereocenters. The first kappa shape index (κ1) is 21.4. The number of aryl methyl sites for hydroxylation is 2. The Morgan fingerprint density at radius 1 is 0.656 bits per heavy atom. The highest BCUT2D eigenvalue weighted by molar-refractivity contribution is 9.11. The van der Waals surface area contributed by atoms with Crippen LogP contribution >= 0.6 is 31.9 Å². The first-order chi connectivity index (χ1) is 15.5. The second-order valence-electron chi connectivity index (χ2n) is 10.5. The van der Waals surface area contributed by atoms with Gasteiger partial charge in [-0.2, -0.15) is 0 Å². The lowest BCUT2D eigenvalue weighted by atomic mass is 9.81. The molecule has 0 bridgehead atoms. The molecule has 0 spiro atoms. The summed E-state index contributed by atoms with van der Waals surface area (Å²) in [6.45, 7) is 4.71. The Labute approximate surface area is 209 Å². The van der Waals surface area contributed by atoms with Crippen molar-refractivity contribution in [3.8, 4) is 0 Å². The number of benzene rings is 2. The molecule has 0 amide bonds. The van der Waals surface area contributed by atoms with Crippen LogP contribution < -0.4 is 0 Å². The van der Waals surface area contributed by atoms with Crippen molar-refractivity contribution in [2.45, 2.75) is 89.9 Å². The van der Waals surface area contributed by atoms with E-state index in [9.17, 15) is 0 Å². The first-order valence-electron chi connectivity index (χ1n) is 12.6. The van der Waals surface area contributed by atoms with Gasteiger partial charge in [0.1, 0.15) is 0 Å². The Hall–Kier alpha value is -1.12. The topological polar surface area (TPSA) is 0 Å². The Morgan fingerprint density at radius 2 is 1.06 bits per heavy atom. The van der Waals surface area contributed by atoms with Gasteiger partial charge < -0.3 is 0 Å². The number of hydrogen-bond acceptors (Lipinski definition) is 0. The van der Waals surface area contributed by atoms with Crippen LogP contribution in [0.4, 0.5) is 0 Å². The van der Waals surface area contributed by atoms with Gasteiger partial charge in [-0.3, -0.25) is 0 Å². The summed E-state index contributed by atoms with van der Waals surface area (Å²) in [6, 6.07) is 5.15. The van der Waals surface area contributed by atoms with Crippen LogP contribution in [0.15, 0.2) is 32.2 Å². The molecule has 2 aromatic carbocycles. The molecular weight excluding hydrogens is 520 g/mol. The Morgan fingerprint density at radius 3 is 1.50 bits per heavy atom. The fourth-order valence-electron chi connectivity index (χ4n) is 6.90. The van der Waals surface area contributed by atoms with Crippen molar-refractivity contribution in [3.05, 3.63) is 76.7 Å². The van der Waals surface area contributed by atoms with Crippen molar-refractivity contribution in [1.29, 1.82) is 0 Å². The molecule has 0 saturated heterocycles. The quantitative estimate of drug-likeness (QED) is 0.356. The molecule has 0 nitrogen and oxygen atoms in total. The maximum Gasteiger partial charge on any atom is 0.0285 e. The summed E-state index contributed by atoms with van der Waals surface area (Å²) in [4.78, 5) is 0. The second-order valence-corrected chi connectivity index (χ2v) is 12.1. The highest BCUT2D eigenvalue weighted by Crippen LogP contribution is 2.50. The van der Waals surface area contributed by atoms with Gasteiger partial charge in [0.05, 0.1) is 0 Å². The molecule has 32 heavy (non-hydrogen) atoms. The van der Waals surface area contributed by atoms with Gasteiger partial charge in [-0.05, 0) is 154 Å². The summed E-state index contributed by atoms with van der Waals surface area (Å²) in [5.74, 6) is 1.15. The third-order valence-corrected chi connectivity index (χ3v) is 10.5. The molecule has 0 aromatic heterocycles. The van der Waals surface area contributed by atoms with Crippen LogP contribution in [-0.4, -0.2) is 0 Å². The minimum atomic E-state index is 0.575. The molecule has 0 N–H and O–H groups in total. The molecule has 0 saturated carbocycles. The molecule has 0 radical (unpaired) electrons. The highest BCUT2D eigenvalue weighted by atomic mass is 79.9. The van der Waals surface area contributed by atoms with Crippen molar-refractivity contribution in [1.82, 2.24) is 0 Å². The van der Waals surface area contributed by atoms with E-state index < -0.39 is 0 Å². The number of hydrogen-bond donors (Lipinski definition) is 0. The lowest BCUT2D eigenvalue weighted by Crippen LogP contribution is -2.09. The summed E-state index contributed by atoms with van der Waals surface area (Å²) in [5, 5.41) is 0. The Kier molecular flexibility index (Phi) is 5.54. The van der Waals surface area contributed by atoms with E-state index in [4.69, 9.17) is 0 Å². The smallest absolute Gasteiger partial charge is 0.0285 e. The monoisotopic (exact) mass is 550 g/mol. The maximum atomic E-state index is 4.01. The predicted molar refractivity (Wildman–Crippen MR) is 144 cm³/mol. The van der Waals surface area contributed by atoms with Crippen LogP contribution in [0, 0.1) is 0 Å². The van der Waals surface area contributed by atoms with Crippen molar-refractivity contribution in [2.24, 2.45) is 0 Å². The zero-order chi connectivity index (χ0) is 22.0. The summed E-state index contributed by atoms with van der Waals surface area (Å²) >= 11 is 8.01. The average Bonchev–Trinajstić information content (AvgIpc) is 3.29. The second kappa shape index (κ2) is 8.27. The van der Waals surface area contributed by atoms with Crippen LogP contribution in [0.2, 0.25) is 0 Å². The number of allylic oxidation sites excluding steroid dienone is 2. The summed E-state index contributed by atoms with van der Waals surface area (Å²) in [5.41, 5.74) is 15.6. The van der Waals surface area contributed by atoms with Gasteiger partial charge in [-0.1, -0.05) is 35.4 Å². The predicted octanol–water partition coefficient (Wildman–Crippen LogP) is 9.45. The number of halogens is 2. The van der Waals surface area contributed by atoms with E-state index in [0.717, 1.165) is 0 Å². The minimum Gasteiger partial charge on any atom is -0.0652 e. The minimum absolute atomic E-state index is 0.575. The van der Waals surface area contributed by atoms with E-state index in [1.807, 2.05) is 0 Å². The zero-order valence-electron chi connectivity index (χ0n) is 19.3. The van der Waals surface area contributed by atoms with E-state index in [1.54, 1.807) is 44.5 Å². The molecule has 0 heterocycles. The fraction of sp³-hybridized carbons (Fsp3) is 0.467. The SMILES string of the molecule is CC1=Cc2c(cc3c(c2Br)CCCC3)C1CCC1C(C)=Cc2c1cc1c(c2Br)CCCC1. The molecule has 2 heteroatoms. The van der Waals surface area contributed by atoms with Crippen molar-refractivity contribution in [3.63, 3.8) is 0 Å². The fourth-order valence-corrected chi connectivity index (χ4v) is 8.50. The molecule has 4 aliphatic rings. The summed E-state index contributed by atoms with van der Waals surface area (Å²) in [7, 11) is 0. The molecule has 0 aliphatic heterocycles. The number of fused-ring (bicyclic) bond motifs is 4. The van der Waals surface area contributed by atoms with Crippen LogP contribution in [-0.2, 0) is 25.7 Å². The maximum absolute atomic E-state index is 4.01. The van der Waals surface area contributed by atoms with E-state index in [2.05, 4.69) is 70.0 Å². The first-order valence-corrected chi connectivity index (χ1v) is 14.2. The van der Waals surface area contributed by atoms with E-state index in [-0.39, 0.29) is 0 Å². The van der Waals surface area contributed by atoms with Crippen LogP contribution in [0.1, 0.15) is 109 Å². The summed E-state index contributed by atoms with van der Waals surface area (Å²) < 4.78 is 2.79. The molecular formula is C30H32Br2. The molecule has 2 atom stereocenters. The average molecular weight is 552 g/mol. The zero-order valence-corrected chi connectivity index (χ0v) is 22.5. The lowest BCUT2D eigenvalue weighted by Gasteiger charge is -2.25. The Balaban J connectivity index is 1.30.